The first-order valence-electron chi connectivity index (χ1n) is 11.7. The van der Waals surface area contributed by atoms with Crippen molar-refractivity contribution in [3.63, 3.8) is 0 Å². The zero-order valence-corrected chi connectivity index (χ0v) is 20.7. The summed E-state index contributed by atoms with van der Waals surface area (Å²) in [4.78, 5) is 15.1. The van der Waals surface area contributed by atoms with E-state index in [1.54, 1.807) is 28.9 Å². The highest BCUT2D eigenvalue weighted by Crippen LogP contribution is 2.39. The molecule has 182 valence electrons. The highest BCUT2D eigenvalue weighted by molar-refractivity contribution is 6.33. The van der Waals surface area contributed by atoms with Crippen LogP contribution in [0.2, 0.25) is 5.02 Å². The van der Waals surface area contributed by atoms with E-state index in [-0.39, 0.29) is 17.3 Å². The van der Waals surface area contributed by atoms with Gasteiger partial charge in [0.1, 0.15) is 5.69 Å². The molecule has 35 heavy (non-hydrogen) atoms. The Morgan fingerprint density at radius 1 is 1.14 bits per heavy atom. The Hall–Kier alpha value is -3.07. The first kappa shape index (κ1) is 23.7. The number of nitrogens with zero attached hydrogens (tertiary/aromatic N) is 5. The summed E-state index contributed by atoms with van der Waals surface area (Å²) in [5.41, 5.74) is 2.79. The number of halogens is 2. The minimum atomic E-state index is -0.561. The Morgan fingerprint density at radius 2 is 1.89 bits per heavy atom. The number of hydrogen-bond acceptors (Lipinski definition) is 6. The van der Waals surface area contributed by atoms with Gasteiger partial charge in [-0.05, 0) is 63.5 Å². The van der Waals surface area contributed by atoms with E-state index >= 15 is 0 Å². The first-order chi connectivity index (χ1) is 16.8. The number of benzene rings is 1. The average molecular weight is 495 g/mol. The maximum atomic E-state index is 14.7. The number of hydrogen-bond donors (Lipinski definition) is 2. The lowest BCUT2D eigenvalue weighted by atomic mass is 9.86. The van der Waals surface area contributed by atoms with Gasteiger partial charge in [0.15, 0.2) is 11.5 Å². The van der Waals surface area contributed by atoms with Gasteiger partial charge in [-0.2, -0.15) is 0 Å². The van der Waals surface area contributed by atoms with E-state index in [9.17, 15) is 9.50 Å². The molecule has 4 aromatic rings. The minimum absolute atomic E-state index is 0.136. The van der Waals surface area contributed by atoms with Gasteiger partial charge in [-0.1, -0.05) is 35.9 Å². The zero-order chi connectivity index (χ0) is 24.7. The number of fused-ring (bicyclic) bond motifs is 1. The van der Waals surface area contributed by atoms with E-state index < -0.39 is 11.9 Å². The standard InChI is InChI=1S/C26H28ClFN6O/c1-16(17-7-9-18(10-8-17)23(35)26(2)11-5-12-33(26)3)31-25-30-14-20(28)22(32-25)21-15-29-24-19(27)6-4-13-34(21)24/h4,6-10,13-16,23,35H,5,11-12H2,1-3H3,(H,30,31,32)/t16-,23+,26+/m0/s1. The topological polar surface area (TPSA) is 78.6 Å². The Bertz CT molecular complexity index is 1360. The first-order valence-corrected chi connectivity index (χ1v) is 12.1. The lowest BCUT2D eigenvalue weighted by Crippen LogP contribution is -2.43. The second kappa shape index (κ2) is 9.18. The molecule has 4 heterocycles. The van der Waals surface area contributed by atoms with Gasteiger partial charge < -0.3 is 10.4 Å². The molecule has 0 unspecified atom stereocenters. The third kappa shape index (κ3) is 4.26. The minimum Gasteiger partial charge on any atom is -0.386 e. The Kier molecular flexibility index (Phi) is 6.21. The number of aliphatic hydroxyl groups excluding tert-OH is 1. The molecule has 1 saturated heterocycles. The van der Waals surface area contributed by atoms with E-state index in [4.69, 9.17) is 11.6 Å². The molecule has 2 N–H and O–H groups in total. The fraction of sp³-hybridized carbons (Fsp3) is 0.346. The van der Waals surface area contributed by atoms with Crippen molar-refractivity contribution in [2.24, 2.45) is 0 Å². The second-order valence-corrected chi connectivity index (χ2v) is 9.81. The summed E-state index contributed by atoms with van der Waals surface area (Å²) in [5, 5.41) is 14.8. The Labute approximate surface area is 208 Å². The normalized spacial score (nSPS) is 20.3. The van der Waals surface area contributed by atoms with Crippen LogP contribution in [0.4, 0.5) is 10.3 Å². The van der Waals surface area contributed by atoms with E-state index in [0.717, 1.165) is 36.7 Å². The van der Waals surface area contributed by atoms with Crippen LogP contribution in [0.25, 0.3) is 17.0 Å². The number of rotatable bonds is 6. The quantitative estimate of drug-likeness (QED) is 0.380. The summed E-state index contributed by atoms with van der Waals surface area (Å²) in [7, 11) is 2.06. The van der Waals surface area contributed by atoms with Gasteiger partial charge >= 0.3 is 0 Å². The van der Waals surface area contributed by atoms with Crippen molar-refractivity contribution in [2.75, 3.05) is 18.9 Å². The molecule has 9 heteroatoms. The number of pyridine rings is 1. The molecule has 1 aliphatic rings. The monoisotopic (exact) mass is 494 g/mol. The molecule has 5 rings (SSSR count). The average Bonchev–Trinajstić information content (AvgIpc) is 3.44. The summed E-state index contributed by atoms with van der Waals surface area (Å²) in [6.45, 7) is 5.09. The van der Waals surface area contributed by atoms with Crippen LogP contribution in [-0.4, -0.2) is 48.5 Å². The van der Waals surface area contributed by atoms with Gasteiger partial charge in [-0.15, -0.1) is 0 Å². The summed E-state index contributed by atoms with van der Waals surface area (Å²) in [6, 6.07) is 11.3. The van der Waals surface area contributed by atoms with Crippen molar-refractivity contribution < 1.29 is 9.50 Å². The number of anilines is 1. The van der Waals surface area contributed by atoms with Gasteiger partial charge in [0, 0.05) is 11.7 Å². The number of imidazole rings is 1. The predicted octanol–water partition coefficient (Wildman–Crippen LogP) is 5.27. The third-order valence-electron chi connectivity index (χ3n) is 7.21. The number of likely N-dealkylation sites (N-methyl/N-ethyl adjacent to an activating group) is 1. The van der Waals surface area contributed by atoms with Crippen molar-refractivity contribution in [2.45, 2.75) is 44.4 Å². The molecule has 0 bridgehead atoms. The number of likely N-dealkylation sites (tertiary alicyclic amines) is 1. The van der Waals surface area contributed by atoms with Crippen molar-refractivity contribution in [3.8, 4) is 11.4 Å². The van der Waals surface area contributed by atoms with Crippen LogP contribution in [0.1, 0.15) is 50.0 Å². The second-order valence-electron chi connectivity index (χ2n) is 9.40. The molecule has 0 radical (unpaired) electrons. The van der Waals surface area contributed by atoms with Gasteiger partial charge in [0.25, 0.3) is 0 Å². The number of aliphatic hydroxyl groups is 1. The maximum Gasteiger partial charge on any atom is 0.223 e. The van der Waals surface area contributed by atoms with Crippen molar-refractivity contribution in [3.05, 3.63) is 77.0 Å². The summed E-state index contributed by atoms with van der Waals surface area (Å²) in [6.07, 6.45) is 5.96. The van der Waals surface area contributed by atoms with Crippen molar-refractivity contribution in [1.82, 2.24) is 24.3 Å². The fourth-order valence-corrected chi connectivity index (χ4v) is 5.05. The molecular formula is C26H28ClFN6O. The SMILES string of the molecule is C[C@H](Nc1ncc(F)c(-c2cnc3c(Cl)cccn23)n1)c1ccc([C@@H](O)[C@@]2(C)CCCN2C)cc1. The van der Waals surface area contributed by atoms with Crippen LogP contribution in [0, 0.1) is 5.82 Å². The Morgan fingerprint density at radius 3 is 2.60 bits per heavy atom. The molecule has 0 spiro atoms. The number of aromatic nitrogens is 4. The molecule has 0 amide bonds. The molecule has 3 atom stereocenters. The van der Waals surface area contributed by atoms with Gasteiger partial charge in [0.2, 0.25) is 5.95 Å². The van der Waals surface area contributed by atoms with E-state index in [1.165, 1.54) is 0 Å². The molecule has 1 fully saturated rings. The fourth-order valence-electron chi connectivity index (χ4n) is 4.84. The lowest BCUT2D eigenvalue weighted by molar-refractivity contribution is 0.0158. The maximum absolute atomic E-state index is 14.7. The molecular weight excluding hydrogens is 467 g/mol. The van der Waals surface area contributed by atoms with Crippen LogP contribution in [-0.2, 0) is 0 Å². The molecule has 0 aliphatic carbocycles. The van der Waals surface area contributed by atoms with Crippen LogP contribution in [0.15, 0.2) is 55.0 Å². The molecule has 1 aliphatic heterocycles. The van der Waals surface area contributed by atoms with Crippen molar-refractivity contribution in [1.29, 1.82) is 0 Å². The summed E-state index contributed by atoms with van der Waals surface area (Å²) in [5.74, 6) is -0.247. The summed E-state index contributed by atoms with van der Waals surface area (Å²) < 4.78 is 16.4. The van der Waals surface area contributed by atoms with Crippen molar-refractivity contribution >= 4 is 23.2 Å². The predicted molar refractivity (Wildman–Crippen MR) is 135 cm³/mol. The smallest absolute Gasteiger partial charge is 0.223 e. The molecule has 7 nitrogen and oxygen atoms in total. The highest BCUT2D eigenvalue weighted by Gasteiger charge is 2.41. The lowest BCUT2D eigenvalue weighted by Gasteiger charge is -2.37. The highest BCUT2D eigenvalue weighted by atomic mass is 35.5. The largest absolute Gasteiger partial charge is 0.386 e. The molecule has 3 aromatic heterocycles. The summed E-state index contributed by atoms with van der Waals surface area (Å²) >= 11 is 6.21. The van der Waals surface area contributed by atoms with E-state index in [0.29, 0.717) is 22.3 Å². The van der Waals surface area contributed by atoms with Gasteiger partial charge in [0.05, 0.1) is 35.3 Å². The van der Waals surface area contributed by atoms with Crippen LogP contribution < -0.4 is 5.32 Å². The van der Waals surface area contributed by atoms with E-state index in [2.05, 4.69) is 39.1 Å². The molecule has 0 saturated carbocycles. The molecule has 1 aromatic carbocycles. The van der Waals surface area contributed by atoms with E-state index in [1.807, 2.05) is 31.2 Å². The van der Waals surface area contributed by atoms with Crippen LogP contribution in [0.5, 0.6) is 0 Å². The van der Waals surface area contributed by atoms with Crippen LogP contribution in [0.3, 0.4) is 0 Å². The third-order valence-corrected chi connectivity index (χ3v) is 7.51. The number of nitrogens with one attached hydrogen (secondary N) is 1. The van der Waals surface area contributed by atoms with Gasteiger partial charge in [-0.25, -0.2) is 19.3 Å². The van der Waals surface area contributed by atoms with Crippen LogP contribution >= 0.6 is 11.6 Å². The Balaban J connectivity index is 1.36. The zero-order valence-electron chi connectivity index (χ0n) is 19.9. The van der Waals surface area contributed by atoms with Gasteiger partial charge in [-0.3, -0.25) is 9.30 Å².